The Morgan fingerprint density at radius 2 is 1.77 bits per heavy atom. The molecule has 0 aliphatic rings. The van der Waals surface area contributed by atoms with Gasteiger partial charge in [0, 0.05) is 5.69 Å². The minimum Gasteiger partial charge on any atom is -0.462 e. The number of esters is 1. The topological polar surface area (TPSA) is 50.4 Å². The fourth-order valence-electron chi connectivity index (χ4n) is 2.57. The number of hydrogen-bond donors (Lipinski definition) is 2. The van der Waals surface area contributed by atoms with Crippen molar-refractivity contribution in [2.45, 2.75) is 40.7 Å². The van der Waals surface area contributed by atoms with Gasteiger partial charge in [-0.3, -0.25) is 0 Å². The third-order valence-electron chi connectivity index (χ3n) is 4.38. The van der Waals surface area contributed by atoms with Crippen LogP contribution in [0.15, 0.2) is 36.4 Å². The minimum absolute atomic E-state index is 0.0721. The van der Waals surface area contributed by atoms with Gasteiger partial charge in [0.15, 0.2) is 5.11 Å². The molecule has 26 heavy (non-hydrogen) atoms. The van der Waals surface area contributed by atoms with Crippen LogP contribution in [0, 0.1) is 20.8 Å². The molecule has 0 saturated heterocycles. The summed E-state index contributed by atoms with van der Waals surface area (Å²) >= 11 is 5.45. The molecule has 0 unspecified atom stereocenters. The van der Waals surface area contributed by atoms with Crippen molar-refractivity contribution in [2.75, 3.05) is 11.9 Å². The van der Waals surface area contributed by atoms with E-state index in [2.05, 4.69) is 49.6 Å². The van der Waals surface area contributed by atoms with Crippen LogP contribution in [0.4, 0.5) is 5.69 Å². The predicted molar refractivity (Wildman–Crippen MR) is 111 cm³/mol. The lowest BCUT2D eigenvalue weighted by molar-refractivity contribution is 0.0526. The summed E-state index contributed by atoms with van der Waals surface area (Å²) in [5.74, 6) is -0.335. The zero-order chi connectivity index (χ0) is 19.3. The third-order valence-corrected chi connectivity index (χ3v) is 4.60. The molecule has 4 nitrogen and oxygen atoms in total. The van der Waals surface area contributed by atoms with Crippen LogP contribution in [0.25, 0.3) is 0 Å². The molecule has 2 aromatic rings. The van der Waals surface area contributed by atoms with Crippen molar-refractivity contribution in [3.8, 4) is 0 Å². The molecular formula is C21H26N2O2S. The van der Waals surface area contributed by atoms with Crippen LogP contribution in [0.5, 0.6) is 0 Å². The molecule has 2 N–H and O–H groups in total. The van der Waals surface area contributed by atoms with Crippen molar-refractivity contribution in [1.29, 1.82) is 0 Å². The molecule has 0 heterocycles. The van der Waals surface area contributed by atoms with Gasteiger partial charge in [-0.25, -0.2) is 4.79 Å². The monoisotopic (exact) mass is 370 g/mol. The average Bonchev–Trinajstić information content (AvgIpc) is 2.59. The zero-order valence-electron chi connectivity index (χ0n) is 16.0. The van der Waals surface area contributed by atoms with Crippen molar-refractivity contribution in [3.05, 3.63) is 64.2 Å². The molecule has 0 fully saturated rings. The van der Waals surface area contributed by atoms with Gasteiger partial charge < -0.3 is 15.4 Å². The normalized spacial score (nSPS) is 11.6. The molecule has 138 valence electrons. The molecule has 0 aromatic heterocycles. The Bertz CT molecular complexity index is 818. The van der Waals surface area contributed by atoms with Gasteiger partial charge in [0.1, 0.15) is 0 Å². The van der Waals surface area contributed by atoms with Gasteiger partial charge >= 0.3 is 5.97 Å². The summed E-state index contributed by atoms with van der Waals surface area (Å²) in [5, 5.41) is 7.00. The summed E-state index contributed by atoms with van der Waals surface area (Å²) in [7, 11) is 0. The maximum absolute atomic E-state index is 11.9. The van der Waals surface area contributed by atoms with E-state index in [-0.39, 0.29) is 12.0 Å². The Morgan fingerprint density at radius 3 is 2.42 bits per heavy atom. The molecule has 0 spiro atoms. The molecule has 1 atom stereocenters. The highest BCUT2D eigenvalue weighted by Gasteiger charge is 2.12. The Balaban J connectivity index is 2.08. The molecule has 0 saturated carbocycles. The lowest BCUT2D eigenvalue weighted by Crippen LogP contribution is -2.31. The van der Waals surface area contributed by atoms with Gasteiger partial charge in [-0.2, -0.15) is 0 Å². The van der Waals surface area contributed by atoms with E-state index in [9.17, 15) is 4.79 Å². The van der Waals surface area contributed by atoms with Crippen LogP contribution in [0.3, 0.4) is 0 Å². The first kappa shape index (κ1) is 19.9. The summed E-state index contributed by atoms with van der Waals surface area (Å²) in [5.41, 5.74) is 6.00. The zero-order valence-corrected chi connectivity index (χ0v) is 16.8. The number of carbonyl (C=O) groups excluding carboxylic acids is 1. The summed E-state index contributed by atoms with van der Waals surface area (Å²) in [4.78, 5) is 11.9. The highest BCUT2D eigenvalue weighted by Crippen LogP contribution is 2.20. The van der Waals surface area contributed by atoms with Crippen LogP contribution < -0.4 is 10.6 Å². The van der Waals surface area contributed by atoms with Gasteiger partial charge in [-0.05, 0) is 81.2 Å². The lowest BCUT2D eigenvalue weighted by Gasteiger charge is -2.19. The number of carbonyl (C=O) groups is 1. The number of thiocarbonyl (C=S) groups is 1. The molecule has 0 aliphatic carbocycles. The van der Waals surface area contributed by atoms with Crippen molar-refractivity contribution in [2.24, 2.45) is 0 Å². The fraction of sp³-hybridized carbons (Fsp3) is 0.333. The molecular weight excluding hydrogens is 344 g/mol. The number of rotatable bonds is 5. The Kier molecular flexibility index (Phi) is 6.75. The standard InChI is InChI=1S/C21H26N2O2S/c1-6-25-20(24)18-10-8-14(3)19(12-18)23-21(26)22-16(5)17-9-7-13(2)15(4)11-17/h7-12,16H,6H2,1-5H3,(H2,22,23,26)/t16-/m1/s1. The van der Waals surface area contributed by atoms with Crippen molar-refractivity contribution in [3.63, 3.8) is 0 Å². The average molecular weight is 371 g/mol. The number of anilines is 1. The second kappa shape index (κ2) is 8.81. The first-order valence-electron chi connectivity index (χ1n) is 8.74. The molecule has 2 rings (SSSR count). The maximum atomic E-state index is 11.9. The number of hydrogen-bond acceptors (Lipinski definition) is 3. The molecule has 5 heteroatoms. The molecule has 0 aliphatic heterocycles. The fourth-order valence-corrected chi connectivity index (χ4v) is 2.86. The van der Waals surface area contributed by atoms with E-state index < -0.39 is 0 Å². The summed E-state index contributed by atoms with van der Waals surface area (Å²) < 4.78 is 5.06. The Hall–Kier alpha value is -2.40. The third kappa shape index (κ3) is 5.05. The summed E-state index contributed by atoms with van der Waals surface area (Å²) in [6.07, 6.45) is 0. The van der Waals surface area contributed by atoms with Crippen LogP contribution in [0.2, 0.25) is 0 Å². The molecule has 0 bridgehead atoms. The maximum Gasteiger partial charge on any atom is 0.338 e. The van der Waals surface area contributed by atoms with E-state index in [1.165, 1.54) is 16.7 Å². The minimum atomic E-state index is -0.335. The predicted octanol–water partition coefficient (Wildman–Crippen LogP) is 4.84. The van der Waals surface area contributed by atoms with Gasteiger partial charge in [-0.1, -0.05) is 24.3 Å². The van der Waals surface area contributed by atoms with E-state index >= 15 is 0 Å². The van der Waals surface area contributed by atoms with Crippen LogP contribution in [-0.4, -0.2) is 17.7 Å². The highest BCUT2D eigenvalue weighted by molar-refractivity contribution is 7.80. The van der Waals surface area contributed by atoms with E-state index in [1.54, 1.807) is 19.1 Å². The molecule has 2 aromatic carbocycles. The summed E-state index contributed by atoms with van der Waals surface area (Å²) in [6, 6.07) is 11.9. The highest BCUT2D eigenvalue weighted by atomic mass is 32.1. The van der Waals surface area contributed by atoms with Gasteiger partial charge in [0.05, 0.1) is 18.2 Å². The number of nitrogens with one attached hydrogen (secondary N) is 2. The SMILES string of the molecule is CCOC(=O)c1ccc(C)c(NC(=S)N[C@H](C)c2ccc(C)c(C)c2)c1. The Labute approximate surface area is 161 Å². The smallest absolute Gasteiger partial charge is 0.338 e. The molecule has 0 radical (unpaired) electrons. The van der Waals surface area contributed by atoms with E-state index in [1.807, 2.05) is 13.0 Å². The molecule has 0 amide bonds. The van der Waals surface area contributed by atoms with E-state index in [0.29, 0.717) is 17.3 Å². The van der Waals surface area contributed by atoms with Crippen LogP contribution in [-0.2, 0) is 4.74 Å². The van der Waals surface area contributed by atoms with Gasteiger partial charge in [0.2, 0.25) is 0 Å². The second-order valence-corrected chi connectivity index (χ2v) is 6.82. The Morgan fingerprint density at radius 1 is 1.08 bits per heavy atom. The van der Waals surface area contributed by atoms with Crippen molar-refractivity contribution >= 4 is 29.0 Å². The van der Waals surface area contributed by atoms with E-state index in [4.69, 9.17) is 17.0 Å². The number of aryl methyl sites for hydroxylation is 3. The van der Waals surface area contributed by atoms with Crippen molar-refractivity contribution in [1.82, 2.24) is 5.32 Å². The second-order valence-electron chi connectivity index (χ2n) is 6.41. The number of ether oxygens (including phenoxy) is 1. The van der Waals surface area contributed by atoms with E-state index in [0.717, 1.165) is 11.3 Å². The first-order chi connectivity index (χ1) is 12.3. The van der Waals surface area contributed by atoms with Crippen LogP contribution in [0.1, 0.15) is 52.5 Å². The number of benzene rings is 2. The first-order valence-corrected chi connectivity index (χ1v) is 9.15. The lowest BCUT2D eigenvalue weighted by atomic mass is 10.0. The van der Waals surface area contributed by atoms with Crippen LogP contribution >= 0.6 is 12.2 Å². The van der Waals surface area contributed by atoms with Crippen molar-refractivity contribution < 1.29 is 9.53 Å². The van der Waals surface area contributed by atoms with Gasteiger partial charge in [0.25, 0.3) is 0 Å². The quantitative estimate of drug-likeness (QED) is 0.583. The van der Waals surface area contributed by atoms with Gasteiger partial charge in [-0.15, -0.1) is 0 Å². The largest absolute Gasteiger partial charge is 0.462 e. The summed E-state index contributed by atoms with van der Waals surface area (Å²) in [6.45, 7) is 10.4.